The average Bonchev–Trinajstić information content (AvgIpc) is 2.14. The Hall–Kier alpha value is 0.140. The second-order valence-electron chi connectivity index (χ2n) is 3.97. The molecule has 0 heterocycles. The van der Waals surface area contributed by atoms with E-state index < -0.39 is 11.4 Å². The van der Waals surface area contributed by atoms with Crippen LogP contribution in [0.2, 0.25) is 0 Å². The summed E-state index contributed by atoms with van der Waals surface area (Å²) in [5, 5.41) is -1.44. The van der Waals surface area contributed by atoms with Crippen molar-refractivity contribution in [1.82, 2.24) is 0 Å². The van der Waals surface area contributed by atoms with E-state index in [1.165, 1.54) is 19.3 Å². The highest BCUT2D eigenvalue weighted by atomic mass is 32.1. The molecule has 0 nitrogen and oxygen atoms in total. The zero-order chi connectivity index (χ0) is 11.7. The van der Waals surface area contributed by atoms with Crippen LogP contribution in [0, 0.1) is 0 Å². The molecule has 0 aromatic rings. The van der Waals surface area contributed by atoms with Crippen LogP contribution < -0.4 is 0 Å². The van der Waals surface area contributed by atoms with Crippen molar-refractivity contribution in [3.63, 3.8) is 0 Å². The third-order valence-corrected chi connectivity index (χ3v) is 3.01. The van der Waals surface area contributed by atoms with Crippen LogP contribution in [0.25, 0.3) is 0 Å². The normalized spacial score (nSPS) is 14.2. The Morgan fingerprint density at radius 2 is 1.40 bits per heavy atom. The van der Waals surface area contributed by atoms with Crippen molar-refractivity contribution >= 4 is 12.6 Å². The predicted molar refractivity (Wildman–Crippen MR) is 61.4 cm³/mol. The van der Waals surface area contributed by atoms with Gasteiger partial charge in [-0.05, 0) is 6.42 Å². The lowest BCUT2D eigenvalue weighted by Gasteiger charge is -2.14. The molecule has 0 radical (unpaired) electrons. The molecule has 1 atom stereocenters. The summed E-state index contributed by atoms with van der Waals surface area (Å²) >= 11 is 3.54. The quantitative estimate of drug-likeness (QED) is 0.450. The summed E-state index contributed by atoms with van der Waals surface area (Å²) in [6.45, 7) is 2.15. The summed E-state index contributed by atoms with van der Waals surface area (Å²) in [5.74, 6) is 0. The third kappa shape index (κ3) is 9.09. The predicted octanol–water partition coefficient (Wildman–Crippen LogP) is 4.99. The molecule has 0 saturated carbocycles. The van der Waals surface area contributed by atoms with E-state index in [2.05, 4.69) is 19.6 Å². The van der Waals surface area contributed by atoms with Crippen molar-refractivity contribution in [2.24, 2.45) is 0 Å². The van der Waals surface area contributed by atoms with E-state index >= 15 is 0 Å². The summed E-state index contributed by atoms with van der Waals surface area (Å²) in [7, 11) is 0. The number of rotatable bonds is 8. The van der Waals surface area contributed by atoms with Crippen LogP contribution in [0.4, 0.5) is 13.2 Å². The summed E-state index contributed by atoms with van der Waals surface area (Å²) in [4.78, 5) is 0. The molecule has 4 heteroatoms. The second-order valence-corrected chi connectivity index (χ2v) is 4.59. The van der Waals surface area contributed by atoms with E-state index in [0.717, 1.165) is 19.3 Å². The number of hydrogen-bond donors (Lipinski definition) is 1. The lowest BCUT2D eigenvalue weighted by Crippen LogP contribution is -2.23. The maximum atomic E-state index is 12.0. The molecule has 0 aliphatic carbocycles. The zero-order valence-electron chi connectivity index (χ0n) is 9.32. The largest absolute Gasteiger partial charge is 0.400 e. The van der Waals surface area contributed by atoms with Crippen molar-refractivity contribution in [2.75, 3.05) is 0 Å². The summed E-state index contributed by atoms with van der Waals surface area (Å²) < 4.78 is 36.1. The fraction of sp³-hybridized carbons (Fsp3) is 1.00. The van der Waals surface area contributed by atoms with Crippen LogP contribution >= 0.6 is 12.6 Å². The number of alkyl halides is 3. The topological polar surface area (TPSA) is 0 Å². The Morgan fingerprint density at radius 3 is 1.87 bits per heavy atom. The van der Waals surface area contributed by atoms with Crippen molar-refractivity contribution in [2.45, 2.75) is 69.7 Å². The van der Waals surface area contributed by atoms with E-state index in [9.17, 15) is 13.2 Å². The molecule has 0 N–H and O–H groups in total. The first-order valence-electron chi connectivity index (χ1n) is 5.73. The summed E-state index contributed by atoms with van der Waals surface area (Å²) in [6, 6.07) is 0. The molecule has 0 fully saturated rings. The molecule has 0 bridgehead atoms. The SMILES string of the molecule is CCCCCCCCCC(S)C(F)(F)F. The van der Waals surface area contributed by atoms with Gasteiger partial charge >= 0.3 is 6.18 Å². The van der Waals surface area contributed by atoms with Gasteiger partial charge in [0.25, 0.3) is 0 Å². The van der Waals surface area contributed by atoms with E-state index in [-0.39, 0.29) is 6.42 Å². The number of unbranched alkanes of at least 4 members (excludes halogenated alkanes) is 6. The highest BCUT2D eigenvalue weighted by Crippen LogP contribution is 2.28. The van der Waals surface area contributed by atoms with E-state index in [4.69, 9.17) is 0 Å². The maximum absolute atomic E-state index is 12.0. The van der Waals surface area contributed by atoms with E-state index in [1.54, 1.807) is 0 Å². The Balaban J connectivity index is 3.24. The molecule has 0 aliphatic rings. The minimum absolute atomic E-state index is 0.153. The van der Waals surface area contributed by atoms with E-state index in [0.29, 0.717) is 6.42 Å². The standard InChI is InChI=1S/C11H21F3S/c1-2-3-4-5-6-7-8-9-10(15)11(12,13)14/h10,15H,2-9H2,1H3. The molecular formula is C11H21F3S. The lowest BCUT2D eigenvalue weighted by molar-refractivity contribution is -0.129. The van der Waals surface area contributed by atoms with E-state index in [1.807, 2.05) is 0 Å². The Morgan fingerprint density at radius 1 is 0.933 bits per heavy atom. The molecule has 1 unspecified atom stereocenters. The molecule has 0 aromatic heterocycles. The van der Waals surface area contributed by atoms with Gasteiger partial charge in [-0.15, -0.1) is 0 Å². The molecule has 0 aliphatic heterocycles. The maximum Gasteiger partial charge on any atom is 0.400 e. The van der Waals surface area contributed by atoms with Gasteiger partial charge < -0.3 is 0 Å². The molecule has 0 aromatic carbocycles. The number of hydrogen-bond acceptors (Lipinski definition) is 1. The fourth-order valence-corrected chi connectivity index (χ4v) is 1.64. The van der Waals surface area contributed by atoms with Gasteiger partial charge in [-0.2, -0.15) is 25.8 Å². The second kappa shape index (κ2) is 8.31. The summed E-state index contributed by atoms with van der Waals surface area (Å²) in [6.07, 6.45) is 3.41. The Labute approximate surface area is 96.0 Å². The first-order valence-corrected chi connectivity index (χ1v) is 6.25. The molecule has 0 spiro atoms. The zero-order valence-corrected chi connectivity index (χ0v) is 10.2. The van der Waals surface area contributed by atoms with Gasteiger partial charge in [0.2, 0.25) is 0 Å². The van der Waals surface area contributed by atoms with Gasteiger partial charge in [-0.25, -0.2) is 0 Å². The first kappa shape index (κ1) is 15.1. The van der Waals surface area contributed by atoms with Crippen molar-refractivity contribution in [3.8, 4) is 0 Å². The molecule has 0 saturated heterocycles. The van der Waals surface area contributed by atoms with Crippen molar-refractivity contribution < 1.29 is 13.2 Å². The van der Waals surface area contributed by atoms with Crippen LogP contribution in [0.5, 0.6) is 0 Å². The molecule has 0 rings (SSSR count). The minimum Gasteiger partial charge on any atom is -0.170 e. The van der Waals surface area contributed by atoms with Crippen molar-refractivity contribution in [1.29, 1.82) is 0 Å². The molecule has 92 valence electrons. The lowest BCUT2D eigenvalue weighted by atomic mass is 10.1. The monoisotopic (exact) mass is 242 g/mol. The van der Waals surface area contributed by atoms with Gasteiger partial charge in [-0.1, -0.05) is 51.9 Å². The number of thiol groups is 1. The molecule has 0 amide bonds. The third-order valence-electron chi connectivity index (χ3n) is 2.46. The smallest absolute Gasteiger partial charge is 0.170 e. The van der Waals surface area contributed by atoms with Gasteiger partial charge in [0, 0.05) is 0 Å². The average molecular weight is 242 g/mol. The molecular weight excluding hydrogens is 221 g/mol. The van der Waals surface area contributed by atoms with Crippen LogP contribution in [0.15, 0.2) is 0 Å². The molecule has 15 heavy (non-hydrogen) atoms. The fourth-order valence-electron chi connectivity index (χ4n) is 1.46. The van der Waals surface area contributed by atoms with Gasteiger partial charge in [-0.3, -0.25) is 0 Å². The van der Waals surface area contributed by atoms with Gasteiger partial charge in [0.05, 0.1) is 5.25 Å². The number of halogens is 3. The van der Waals surface area contributed by atoms with Crippen LogP contribution in [0.1, 0.15) is 58.3 Å². The highest BCUT2D eigenvalue weighted by Gasteiger charge is 2.35. The van der Waals surface area contributed by atoms with Crippen molar-refractivity contribution in [3.05, 3.63) is 0 Å². The minimum atomic E-state index is -4.13. The van der Waals surface area contributed by atoms with Crippen LogP contribution in [0.3, 0.4) is 0 Å². The van der Waals surface area contributed by atoms with Gasteiger partial charge in [0.1, 0.15) is 0 Å². The highest BCUT2D eigenvalue weighted by molar-refractivity contribution is 7.81. The Bertz CT molecular complexity index is 145. The Kier molecular flexibility index (Phi) is 8.39. The van der Waals surface area contributed by atoms with Crippen LogP contribution in [-0.4, -0.2) is 11.4 Å². The first-order chi connectivity index (χ1) is 6.98. The van der Waals surface area contributed by atoms with Gasteiger partial charge in [0.15, 0.2) is 0 Å². The van der Waals surface area contributed by atoms with Crippen LogP contribution in [-0.2, 0) is 0 Å². The summed E-state index contributed by atoms with van der Waals surface area (Å²) in [5.41, 5.74) is 0.